The normalized spacial score (nSPS) is 18.2. The molecule has 0 bridgehead atoms. The second-order valence-electron chi connectivity index (χ2n) is 5.74. The van der Waals surface area contributed by atoms with E-state index in [4.69, 9.17) is 5.26 Å². The van der Waals surface area contributed by atoms with Gasteiger partial charge in [-0.2, -0.15) is 5.26 Å². The molecule has 0 spiro atoms. The summed E-state index contributed by atoms with van der Waals surface area (Å²) in [6.07, 6.45) is -2.26. The predicted molar refractivity (Wildman–Crippen MR) is 81.0 cm³/mol. The van der Waals surface area contributed by atoms with Crippen LogP contribution in [0.2, 0.25) is 0 Å². The highest BCUT2D eigenvalue weighted by Gasteiger charge is 2.31. The first-order valence-corrected chi connectivity index (χ1v) is 7.61. The zero-order valence-electron chi connectivity index (χ0n) is 12.9. The molecule has 1 heterocycles. The van der Waals surface area contributed by atoms with Crippen LogP contribution in [-0.2, 0) is 0 Å². The number of alkyl halides is 3. The Hall–Kier alpha value is -1.94. The minimum absolute atomic E-state index is 0.219. The molecular weight excluding hydrogens is 307 g/mol. The monoisotopic (exact) mass is 327 g/mol. The first-order chi connectivity index (χ1) is 10.9. The Bertz CT molecular complexity index is 531. The van der Waals surface area contributed by atoms with E-state index in [-0.39, 0.29) is 17.8 Å². The summed E-state index contributed by atoms with van der Waals surface area (Å²) >= 11 is 0. The summed E-state index contributed by atoms with van der Waals surface area (Å²) in [6.45, 7) is 3.88. The third-order valence-corrected chi connectivity index (χ3v) is 4.00. The zero-order valence-corrected chi connectivity index (χ0v) is 12.9. The number of ether oxygens (including phenoxy) is 1. The van der Waals surface area contributed by atoms with Crippen molar-refractivity contribution in [1.29, 1.82) is 5.26 Å². The molecule has 2 rings (SSSR count). The highest BCUT2D eigenvalue weighted by atomic mass is 19.4. The van der Waals surface area contributed by atoms with E-state index in [2.05, 4.69) is 27.9 Å². The van der Waals surface area contributed by atoms with Crippen LogP contribution in [0.4, 0.5) is 18.9 Å². The van der Waals surface area contributed by atoms with Crippen LogP contribution in [-0.4, -0.2) is 36.4 Å². The van der Waals surface area contributed by atoms with Crippen molar-refractivity contribution < 1.29 is 17.9 Å². The van der Waals surface area contributed by atoms with E-state index in [1.807, 2.05) is 0 Å². The number of piperidine rings is 1. The molecule has 0 radical (unpaired) electrons. The van der Waals surface area contributed by atoms with Gasteiger partial charge in [-0.3, -0.25) is 4.90 Å². The van der Waals surface area contributed by atoms with E-state index >= 15 is 0 Å². The van der Waals surface area contributed by atoms with Crippen molar-refractivity contribution in [3.05, 3.63) is 24.3 Å². The van der Waals surface area contributed by atoms with Gasteiger partial charge in [0.1, 0.15) is 5.75 Å². The SMILES string of the molecule is C[C@H](CC#N)N1CCC(Nc2ccc(OC(F)(F)F)cc2)CC1. The van der Waals surface area contributed by atoms with E-state index < -0.39 is 6.36 Å². The minimum atomic E-state index is -4.66. The molecule has 1 atom stereocenters. The Morgan fingerprint density at radius 2 is 1.91 bits per heavy atom. The maximum Gasteiger partial charge on any atom is 0.573 e. The number of hydrogen-bond acceptors (Lipinski definition) is 4. The average Bonchev–Trinajstić information content (AvgIpc) is 2.49. The zero-order chi connectivity index (χ0) is 16.9. The van der Waals surface area contributed by atoms with Crippen molar-refractivity contribution in [3.63, 3.8) is 0 Å². The Morgan fingerprint density at radius 1 is 1.30 bits per heavy atom. The molecular formula is C16H20F3N3O. The number of nitriles is 1. The van der Waals surface area contributed by atoms with Crippen LogP contribution in [0, 0.1) is 11.3 Å². The van der Waals surface area contributed by atoms with Gasteiger partial charge in [-0.15, -0.1) is 13.2 Å². The van der Waals surface area contributed by atoms with Crippen LogP contribution in [0.3, 0.4) is 0 Å². The van der Waals surface area contributed by atoms with Gasteiger partial charge < -0.3 is 10.1 Å². The lowest BCUT2D eigenvalue weighted by Gasteiger charge is -2.35. The quantitative estimate of drug-likeness (QED) is 0.894. The topological polar surface area (TPSA) is 48.3 Å². The number of benzene rings is 1. The lowest BCUT2D eigenvalue weighted by Crippen LogP contribution is -2.43. The van der Waals surface area contributed by atoms with Gasteiger partial charge >= 0.3 is 6.36 Å². The van der Waals surface area contributed by atoms with Crippen LogP contribution in [0.15, 0.2) is 24.3 Å². The minimum Gasteiger partial charge on any atom is -0.406 e. The number of anilines is 1. The predicted octanol–water partition coefficient (Wildman–Crippen LogP) is 3.76. The summed E-state index contributed by atoms with van der Waals surface area (Å²) in [5.41, 5.74) is 0.781. The van der Waals surface area contributed by atoms with Crippen molar-refractivity contribution in [2.75, 3.05) is 18.4 Å². The Morgan fingerprint density at radius 3 is 2.43 bits per heavy atom. The second kappa shape index (κ2) is 7.55. The largest absolute Gasteiger partial charge is 0.573 e. The molecule has 0 unspecified atom stereocenters. The molecule has 126 valence electrons. The van der Waals surface area contributed by atoms with Crippen LogP contribution in [0.5, 0.6) is 5.75 Å². The van der Waals surface area contributed by atoms with Crippen molar-refractivity contribution in [1.82, 2.24) is 4.90 Å². The van der Waals surface area contributed by atoms with Gasteiger partial charge in [-0.05, 0) is 44.0 Å². The van der Waals surface area contributed by atoms with E-state index in [1.165, 1.54) is 12.1 Å². The second-order valence-corrected chi connectivity index (χ2v) is 5.74. The van der Waals surface area contributed by atoms with Crippen LogP contribution in [0.1, 0.15) is 26.2 Å². The summed E-state index contributed by atoms with van der Waals surface area (Å²) in [4.78, 5) is 2.29. The summed E-state index contributed by atoms with van der Waals surface area (Å²) in [7, 11) is 0. The molecule has 1 fully saturated rings. The molecule has 0 aromatic heterocycles. The van der Waals surface area contributed by atoms with Crippen LogP contribution in [0.25, 0.3) is 0 Å². The van der Waals surface area contributed by atoms with Gasteiger partial charge in [0.25, 0.3) is 0 Å². The fraction of sp³-hybridized carbons (Fsp3) is 0.562. The third-order valence-electron chi connectivity index (χ3n) is 4.00. The van der Waals surface area contributed by atoms with Crippen molar-refractivity contribution in [2.24, 2.45) is 0 Å². The van der Waals surface area contributed by atoms with Crippen molar-refractivity contribution in [2.45, 2.75) is 44.6 Å². The molecule has 1 aliphatic rings. The molecule has 7 heteroatoms. The fourth-order valence-corrected chi connectivity index (χ4v) is 2.73. The summed E-state index contributed by atoms with van der Waals surface area (Å²) in [6, 6.07) is 8.53. The molecule has 0 aliphatic carbocycles. The molecule has 23 heavy (non-hydrogen) atoms. The van der Waals surface area contributed by atoms with Crippen molar-refractivity contribution >= 4 is 5.69 Å². The number of nitrogens with one attached hydrogen (secondary N) is 1. The number of hydrogen-bond donors (Lipinski definition) is 1. The molecule has 1 aromatic rings. The summed E-state index contributed by atoms with van der Waals surface area (Å²) in [5, 5.41) is 12.1. The number of likely N-dealkylation sites (tertiary alicyclic amines) is 1. The molecule has 0 amide bonds. The smallest absolute Gasteiger partial charge is 0.406 e. The first kappa shape index (κ1) is 17.4. The summed E-state index contributed by atoms with van der Waals surface area (Å²) < 4.78 is 40.2. The van der Waals surface area contributed by atoms with E-state index in [0.29, 0.717) is 6.42 Å². The Labute approximate surface area is 133 Å². The average molecular weight is 327 g/mol. The summed E-state index contributed by atoms with van der Waals surface area (Å²) in [5.74, 6) is -0.219. The molecule has 1 saturated heterocycles. The maximum atomic E-state index is 12.1. The maximum absolute atomic E-state index is 12.1. The number of halogens is 3. The number of rotatable bonds is 5. The lowest BCUT2D eigenvalue weighted by molar-refractivity contribution is -0.274. The van der Waals surface area contributed by atoms with Crippen LogP contribution < -0.4 is 10.1 Å². The van der Waals surface area contributed by atoms with Crippen LogP contribution >= 0.6 is 0 Å². The van der Waals surface area contributed by atoms with Gasteiger partial charge in [0.15, 0.2) is 0 Å². The lowest BCUT2D eigenvalue weighted by atomic mass is 10.0. The molecule has 1 aromatic carbocycles. The van der Waals surface area contributed by atoms with E-state index in [1.54, 1.807) is 12.1 Å². The third kappa shape index (κ3) is 5.64. The molecule has 1 N–H and O–H groups in total. The Kier molecular flexibility index (Phi) is 5.72. The molecule has 1 aliphatic heterocycles. The highest BCUT2D eigenvalue weighted by Crippen LogP contribution is 2.25. The van der Waals surface area contributed by atoms with E-state index in [9.17, 15) is 13.2 Å². The first-order valence-electron chi connectivity index (χ1n) is 7.61. The van der Waals surface area contributed by atoms with E-state index in [0.717, 1.165) is 31.6 Å². The van der Waals surface area contributed by atoms with Gasteiger partial charge in [0.2, 0.25) is 0 Å². The van der Waals surface area contributed by atoms with Gasteiger partial charge in [-0.25, -0.2) is 0 Å². The van der Waals surface area contributed by atoms with Gasteiger partial charge in [0.05, 0.1) is 12.5 Å². The standard InChI is InChI=1S/C16H20F3N3O/c1-12(6-9-20)22-10-7-14(8-11-22)21-13-2-4-15(5-3-13)23-16(17,18)19/h2-5,12,14,21H,6-8,10-11H2,1H3/t12-/m1/s1. The molecule has 4 nitrogen and oxygen atoms in total. The molecule has 0 saturated carbocycles. The number of nitrogens with zero attached hydrogens (tertiary/aromatic N) is 2. The highest BCUT2D eigenvalue weighted by molar-refractivity contribution is 5.47. The Balaban J connectivity index is 1.81. The fourth-order valence-electron chi connectivity index (χ4n) is 2.73. The van der Waals surface area contributed by atoms with Gasteiger partial charge in [0, 0.05) is 30.9 Å². The van der Waals surface area contributed by atoms with Crippen molar-refractivity contribution in [3.8, 4) is 11.8 Å². The van der Waals surface area contributed by atoms with Gasteiger partial charge in [-0.1, -0.05) is 0 Å².